The number of nitrogens with two attached hydrogens (primary N) is 1. The molecule has 1 aromatic heterocycles. The number of thioether (sulfide) groups is 1. The number of nitrogens with zero attached hydrogens (tertiary/aromatic N) is 2. The first kappa shape index (κ1) is 26.4. The van der Waals surface area contributed by atoms with Crippen LogP contribution in [0.3, 0.4) is 0 Å². The lowest BCUT2D eigenvalue weighted by Crippen LogP contribution is -2.42. The van der Waals surface area contributed by atoms with Gasteiger partial charge in [0.05, 0.1) is 17.3 Å². The third kappa shape index (κ3) is 6.68. The molecular weight excluding hydrogens is 515 g/mol. The van der Waals surface area contributed by atoms with Gasteiger partial charge >= 0.3 is 11.7 Å². The van der Waals surface area contributed by atoms with Gasteiger partial charge in [-0.2, -0.15) is 0 Å². The summed E-state index contributed by atoms with van der Waals surface area (Å²) in [4.78, 5) is 53.8. The van der Waals surface area contributed by atoms with Crippen molar-refractivity contribution in [3.8, 4) is 0 Å². The summed E-state index contributed by atoms with van der Waals surface area (Å²) >= 11 is 13.1. The van der Waals surface area contributed by atoms with Crippen molar-refractivity contribution in [3.63, 3.8) is 0 Å². The zero-order valence-corrected chi connectivity index (χ0v) is 21.0. The molecule has 0 atom stereocenters. The van der Waals surface area contributed by atoms with E-state index in [-0.39, 0.29) is 30.3 Å². The summed E-state index contributed by atoms with van der Waals surface area (Å²) in [5.74, 6) is -1.61. The van der Waals surface area contributed by atoms with Crippen LogP contribution >= 0.6 is 35.0 Å². The van der Waals surface area contributed by atoms with Gasteiger partial charge in [-0.25, -0.2) is 4.79 Å². The van der Waals surface area contributed by atoms with Crippen LogP contribution in [-0.4, -0.2) is 40.3 Å². The molecule has 0 spiro atoms. The fourth-order valence-electron chi connectivity index (χ4n) is 3.21. The Balaban J connectivity index is 1.71. The summed E-state index contributed by atoms with van der Waals surface area (Å²) in [7, 11) is 0. The van der Waals surface area contributed by atoms with Gasteiger partial charge in [-0.15, -0.1) is 11.8 Å². The number of hydrogen-bond acceptors (Lipinski definition) is 7. The molecule has 3 rings (SSSR count). The predicted molar refractivity (Wildman–Crippen MR) is 137 cm³/mol. The number of hydrogen-bond donors (Lipinski definition) is 2. The molecule has 1 amide bonds. The molecule has 0 saturated carbocycles. The highest BCUT2D eigenvalue weighted by Crippen LogP contribution is 2.29. The quantitative estimate of drug-likeness (QED) is 0.317. The largest absolute Gasteiger partial charge is 0.455 e. The number of rotatable bonds is 9. The highest BCUT2D eigenvalue weighted by Gasteiger charge is 2.24. The summed E-state index contributed by atoms with van der Waals surface area (Å²) in [6.07, 6.45) is 0. The molecule has 2 aromatic carbocycles. The fourth-order valence-corrected chi connectivity index (χ4v) is 4.50. The van der Waals surface area contributed by atoms with Crippen LogP contribution in [0, 0.1) is 0 Å². The Kier molecular flexibility index (Phi) is 9.02. The van der Waals surface area contributed by atoms with Crippen molar-refractivity contribution in [1.82, 2.24) is 9.55 Å². The van der Waals surface area contributed by atoms with E-state index in [0.717, 1.165) is 22.2 Å². The van der Waals surface area contributed by atoms with Crippen LogP contribution in [0.25, 0.3) is 0 Å². The van der Waals surface area contributed by atoms with E-state index < -0.39 is 29.7 Å². The predicted octanol–water partition coefficient (Wildman–Crippen LogP) is 3.16. The topological polar surface area (TPSA) is 127 Å². The van der Waals surface area contributed by atoms with Gasteiger partial charge in [0, 0.05) is 16.5 Å². The van der Waals surface area contributed by atoms with E-state index in [0.29, 0.717) is 14.9 Å². The van der Waals surface area contributed by atoms with Crippen LogP contribution in [0.4, 0.5) is 11.5 Å². The number of H-pyrrole nitrogens is 1. The van der Waals surface area contributed by atoms with E-state index in [9.17, 15) is 19.2 Å². The normalized spacial score (nSPS) is 10.7. The SMILES string of the molecule is CCN(C(=O)COC(=O)CSc1cc(Cl)ccc1Cl)c1c(N)n(Cc2ccccc2)c(=O)[nH]c1=O. The Morgan fingerprint density at radius 3 is 2.54 bits per heavy atom. The monoisotopic (exact) mass is 536 g/mol. The summed E-state index contributed by atoms with van der Waals surface area (Å²) in [5.41, 5.74) is 5.23. The number of benzene rings is 2. The summed E-state index contributed by atoms with van der Waals surface area (Å²) in [5, 5.41) is 0.899. The van der Waals surface area contributed by atoms with E-state index in [4.69, 9.17) is 33.7 Å². The van der Waals surface area contributed by atoms with Crippen LogP contribution in [0.1, 0.15) is 12.5 Å². The maximum atomic E-state index is 12.8. The zero-order valence-electron chi connectivity index (χ0n) is 18.6. The van der Waals surface area contributed by atoms with E-state index in [1.807, 2.05) is 6.07 Å². The standard InChI is InChI=1S/C23H22Cl2N4O5S/c1-2-28(18(30)12-34-19(31)13-35-17-10-15(24)8-9-16(17)25)20-21(26)29(23(33)27-22(20)32)11-14-6-4-3-5-7-14/h3-10H,2,11-13,26H2,1H3,(H,27,32,33). The van der Waals surface area contributed by atoms with E-state index in [1.54, 1.807) is 49.4 Å². The Hall–Kier alpha value is -3.21. The molecule has 0 aliphatic rings. The number of ether oxygens (including phenoxy) is 1. The summed E-state index contributed by atoms with van der Waals surface area (Å²) in [6.45, 7) is 1.16. The maximum Gasteiger partial charge on any atom is 0.330 e. The van der Waals surface area contributed by atoms with Gasteiger partial charge in [0.1, 0.15) is 5.82 Å². The molecule has 0 aliphatic carbocycles. The van der Waals surface area contributed by atoms with Crippen molar-refractivity contribution >= 4 is 58.3 Å². The maximum absolute atomic E-state index is 12.8. The first-order valence-corrected chi connectivity index (χ1v) is 12.2. The number of aromatic amines is 1. The molecule has 0 radical (unpaired) electrons. The number of aromatic nitrogens is 2. The molecular formula is C23H22Cl2N4O5S. The smallest absolute Gasteiger partial charge is 0.330 e. The van der Waals surface area contributed by atoms with Crippen molar-refractivity contribution in [2.45, 2.75) is 18.4 Å². The van der Waals surface area contributed by atoms with Crippen LogP contribution in [0.5, 0.6) is 0 Å². The van der Waals surface area contributed by atoms with Gasteiger partial charge in [-0.05, 0) is 30.7 Å². The van der Waals surface area contributed by atoms with Gasteiger partial charge in [0.2, 0.25) is 0 Å². The number of amides is 1. The second-order valence-corrected chi connectivity index (χ2v) is 9.09. The van der Waals surface area contributed by atoms with E-state index in [2.05, 4.69) is 4.98 Å². The third-order valence-corrected chi connectivity index (χ3v) is 6.59. The molecule has 184 valence electrons. The molecule has 3 aromatic rings. The Morgan fingerprint density at radius 2 is 1.86 bits per heavy atom. The minimum absolute atomic E-state index is 0.0556. The number of esters is 1. The molecule has 0 bridgehead atoms. The first-order chi connectivity index (χ1) is 16.7. The van der Waals surface area contributed by atoms with Crippen molar-refractivity contribution < 1.29 is 14.3 Å². The lowest BCUT2D eigenvalue weighted by Gasteiger charge is -2.23. The molecule has 0 aliphatic heterocycles. The Morgan fingerprint density at radius 1 is 1.14 bits per heavy atom. The average Bonchev–Trinajstić information content (AvgIpc) is 2.84. The minimum atomic E-state index is -0.815. The summed E-state index contributed by atoms with van der Waals surface area (Å²) < 4.78 is 6.25. The second-order valence-electron chi connectivity index (χ2n) is 7.23. The Labute approximate surface area is 214 Å². The lowest BCUT2D eigenvalue weighted by molar-refractivity contribution is -0.145. The molecule has 0 unspecified atom stereocenters. The minimum Gasteiger partial charge on any atom is -0.455 e. The van der Waals surface area contributed by atoms with Crippen molar-refractivity contribution in [2.75, 3.05) is 29.5 Å². The highest BCUT2D eigenvalue weighted by atomic mass is 35.5. The highest BCUT2D eigenvalue weighted by molar-refractivity contribution is 8.00. The van der Waals surface area contributed by atoms with Crippen LogP contribution in [0.15, 0.2) is 63.0 Å². The van der Waals surface area contributed by atoms with Crippen LogP contribution in [0.2, 0.25) is 10.0 Å². The lowest BCUT2D eigenvalue weighted by atomic mass is 10.2. The van der Waals surface area contributed by atoms with Crippen LogP contribution in [-0.2, 0) is 20.9 Å². The average molecular weight is 537 g/mol. The fraction of sp³-hybridized carbons (Fsp3) is 0.217. The molecule has 1 heterocycles. The van der Waals surface area contributed by atoms with Gasteiger partial charge in [-0.3, -0.25) is 23.9 Å². The van der Waals surface area contributed by atoms with Crippen molar-refractivity contribution in [1.29, 1.82) is 0 Å². The number of anilines is 2. The van der Waals surface area contributed by atoms with Crippen LogP contribution < -0.4 is 21.9 Å². The van der Waals surface area contributed by atoms with Crippen molar-refractivity contribution in [2.24, 2.45) is 0 Å². The first-order valence-electron chi connectivity index (χ1n) is 10.4. The molecule has 9 nitrogen and oxygen atoms in total. The van der Waals surface area contributed by atoms with Gasteiger partial charge in [0.25, 0.3) is 11.5 Å². The van der Waals surface area contributed by atoms with Gasteiger partial charge in [0.15, 0.2) is 12.3 Å². The Bertz CT molecular complexity index is 1340. The number of carbonyl (C=O) groups excluding carboxylic acids is 2. The number of nitrogen functional groups attached to an aromatic ring is 1. The molecule has 3 N–H and O–H groups in total. The molecule has 35 heavy (non-hydrogen) atoms. The van der Waals surface area contributed by atoms with Gasteiger partial charge < -0.3 is 15.4 Å². The number of likely N-dealkylation sites (N-methyl/N-ethyl adjacent to an activating group) is 1. The number of halogens is 2. The van der Waals surface area contributed by atoms with E-state index in [1.165, 1.54) is 4.57 Å². The molecule has 0 fully saturated rings. The summed E-state index contributed by atoms with van der Waals surface area (Å²) in [6, 6.07) is 13.9. The zero-order chi connectivity index (χ0) is 25.5. The second kappa shape index (κ2) is 12.0. The van der Waals surface area contributed by atoms with Crippen molar-refractivity contribution in [3.05, 3.63) is 85.0 Å². The third-order valence-electron chi connectivity index (χ3n) is 4.88. The van der Waals surface area contributed by atoms with Gasteiger partial charge in [-0.1, -0.05) is 53.5 Å². The number of carbonyl (C=O) groups is 2. The number of nitrogens with one attached hydrogen (secondary N) is 1. The van der Waals surface area contributed by atoms with E-state index >= 15 is 0 Å². The molecule has 12 heteroatoms. The molecule has 0 saturated heterocycles.